The van der Waals surface area contributed by atoms with E-state index in [1.165, 1.54) is 0 Å². The first kappa shape index (κ1) is 19.4. The van der Waals surface area contributed by atoms with Crippen molar-refractivity contribution < 1.29 is 0 Å². The number of aryl methyl sites for hydroxylation is 1. The average molecular weight is 444 g/mol. The van der Waals surface area contributed by atoms with Gasteiger partial charge in [0.05, 0.1) is 17.6 Å². The fourth-order valence-corrected chi connectivity index (χ4v) is 5.12. The number of aromatic nitrogens is 5. The van der Waals surface area contributed by atoms with E-state index in [4.69, 9.17) is 26.6 Å². The third-order valence-electron chi connectivity index (χ3n) is 6.52. The minimum atomic E-state index is -0.0103. The molecule has 2 aromatic carbocycles. The summed E-state index contributed by atoms with van der Waals surface area (Å²) < 4.78 is 3.90. The number of nitrogens with zero attached hydrogens (tertiary/aromatic N) is 5. The minimum Gasteiger partial charge on any atom is -0.304 e. The van der Waals surface area contributed by atoms with Crippen molar-refractivity contribution in [1.82, 2.24) is 24.1 Å². The molecule has 0 unspecified atom stereocenters. The highest BCUT2D eigenvalue weighted by Crippen LogP contribution is 2.31. The summed E-state index contributed by atoms with van der Waals surface area (Å²) in [4.78, 5) is 28.6. The van der Waals surface area contributed by atoms with Gasteiger partial charge in [0.25, 0.3) is 5.56 Å². The van der Waals surface area contributed by atoms with Crippen LogP contribution in [0.4, 0.5) is 0 Å². The van der Waals surface area contributed by atoms with Crippen molar-refractivity contribution in [2.24, 2.45) is 0 Å². The number of fused-ring (bicyclic) bond motifs is 4. The summed E-state index contributed by atoms with van der Waals surface area (Å²) in [6, 6.07) is 15.7. The average Bonchev–Trinajstić information content (AvgIpc) is 3.41. The van der Waals surface area contributed by atoms with Crippen LogP contribution in [-0.4, -0.2) is 24.1 Å². The molecule has 32 heavy (non-hydrogen) atoms. The van der Waals surface area contributed by atoms with E-state index in [1.807, 2.05) is 64.6 Å². The van der Waals surface area contributed by atoms with Crippen molar-refractivity contribution >= 4 is 44.8 Å². The van der Waals surface area contributed by atoms with Gasteiger partial charge in [0.15, 0.2) is 11.3 Å². The van der Waals surface area contributed by atoms with Crippen LogP contribution in [0.2, 0.25) is 5.02 Å². The van der Waals surface area contributed by atoms with Crippen LogP contribution in [-0.2, 0) is 6.54 Å². The molecule has 1 aliphatic rings. The Hall–Kier alpha value is -3.25. The zero-order valence-corrected chi connectivity index (χ0v) is 18.5. The Kier molecular flexibility index (Phi) is 4.50. The molecule has 1 aliphatic carbocycles. The van der Waals surface area contributed by atoms with Gasteiger partial charge in [-0.15, -0.1) is 0 Å². The molecule has 160 valence electrons. The summed E-state index contributed by atoms with van der Waals surface area (Å²) in [5.41, 5.74) is 4.57. The second-order valence-electron chi connectivity index (χ2n) is 8.57. The zero-order chi connectivity index (χ0) is 21.8. The smallest absolute Gasteiger partial charge is 0.265 e. The maximum Gasteiger partial charge on any atom is 0.265 e. The van der Waals surface area contributed by atoms with Gasteiger partial charge in [0.2, 0.25) is 0 Å². The van der Waals surface area contributed by atoms with Crippen LogP contribution in [0.1, 0.15) is 43.1 Å². The van der Waals surface area contributed by atoms with Gasteiger partial charge in [-0.1, -0.05) is 48.7 Å². The molecule has 6 rings (SSSR count). The second-order valence-corrected chi connectivity index (χ2v) is 9.00. The lowest BCUT2D eigenvalue weighted by Crippen LogP contribution is -2.27. The van der Waals surface area contributed by atoms with Gasteiger partial charge in [-0.05, 0) is 49.6 Å². The normalized spacial score (nSPS) is 14.8. The summed E-state index contributed by atoms with van der Waals surface area (Å²) in [6.45, 7) is 2.46. The van der Waals surface area contributed by atoms with E-state index in [2.05, 4.69) is 0 Å². The predicted octanol–water partition coefficient (Wildman–Crippen LogP) is 5.42. The predicted molar refractivity (Wildman–Crippen MR) is 127 cm³/mol. The molecule has 0 spiro atoms. The van der Waals surface area contributed by atoms with Crippen LogP contribution in [0.3, 0.4) is 0 Å². The minimum absolute atomic E-state index is 0.0103. The first-order valence-electron chi connectivity index (χ1n) is 11.0. The third-order valence-corrected chi connectivity index (χ3v) is 6.77. The summed E-state index contributed by atoms with van der Waals surface area (Å²) in [7, 11) is 0. The van der Waals surface area contributed by atoms with Crippen LogP contribution >= 0.6 is 11.6 Å². The van der Waals surface area contributed by atoms with Crippen molar-refractivity contribution in [2.75, 3.05) is 0 Å². The summed E-state index contributed by atoms with van der Waals surface area (Å²) >= 11 is 6.08. The Bertz CT molecular complexity index is 1550. The fourth-order valence-electron chi connectivity index (χ4n) is 4.99. The van der Waals surface area contributed by atoms with E-state index in [1.54, 1.807) is 0 Å². The highest BCUT2D eigenvalue weighted by Gasteiger charge is 2.25. The highest BCUT2D eigenvalue weighted by atomic mass is 35.5. The lowest BCUT2D eigenvalue weighted by atomic mass is 10.2. The van der Waals surface area contributed by atoms with Crippen molar-refractivity contribution in [3.63, 3.8) is 0 Å². The van der Waals surface area contributed by atoms with Crippen LogP contribution in [0.25, 0.3) is 33.2 Å². The molecule has 1 fully saturated rings. The number of para-hydroxylation sites is 2. The first-order chi connectivity index (χ1) is 15.6. The maximum atomic E-state index is 13.8. The second kappa shape index (κ2) is 7.41. The van der Waals surface area contributed by atoms with Gasteiger partial charge in [-0.25, -0.2) is 15.0 Å². The number of benzene rings is 2. The van der Waals surface area contributed by atoms with Gasteiger partial charge >= 0.3 is 0 Å². The third kappa shape index (κ3) is 3.01. The molecule has 0 radical (unpaired) electrons. The van der Waals surface area contributed by atoms with E-state index in [9.17, 15) is 4.79 Å². The molecule has 7 heteroatoms. The molecule has 1 saturated carbocycles. The zero-order valence-electron chi connectivity index (χ0n) is 17.8. The Morgan fingerprint density at radius 1 is 0.938 bits per heavy atom. The summed E-state index contributed by atoms with van der Waals surface area (Å²) in [6.07, 6.45) is 4.34. The molecular weight excluding hydrogens is 422 g/mol. The molecule has 0 saturated heterocycles. The van der Waals surface area contributed by atoms with Gasteiger partial charge < -0.3 is 4.57 Å². The van der Waals surface area contributed by atoms with Crippen LogP contribution in [0, 0.1) is 6.92 Å². The Morgan fingerprint density at radius 2 is 1.62 bits per heavy atom. The SMILES string of the molecule is Cc1nc2c(c(=O)n1C1CCCC1)c1nc3ccccc3nc1n2Cc1ccc(Cl)cc1. The van der Waals surface area contributed by atoms with E-state index >= 15 is 0 Å². The van der Waals surface area contributed by atoms with Crippen molar-refractivity contribution in [3.05, 3.63) is 75.3 Å². The fraction of sp³-hybridized carbons (Fsp3) is 0.280. The summed E-state index contributed by atoms with van der Waals surface area (Å²) in [5.74, 6) is 0.749. The molecule has 3 aromatic heterocycles. The van der Waals surface area contributed by atoms with E-state index in [-0.39, 0.29) is 11.6 Å². The number of hydrogen-bond acceptors (Lipinski definition) is 4. The van der Waals surface area contributed by atoms with Gasteiger partial charge in [0.1, 0.15) is 16.7 Å². The first-order valence-corrected chi connectivity index (χ1v) is 11.4. The Balaban J connectivity index is 1.69. The summed E-state index contributed by atoms with van der Waals surface area (Å²) in [5, 5.41) is 1.25. The molecule has 0 N–H and O–H groups in total. The highest BCUT2D eigenvalue weighted by molar-refractivity contribution is 6.30. The quantitative estimate of drug-likeness (QED) is 0.373. The topological polar surface area (TPSA) is 65.6 Å². The van der Waals surface area contributed by atoms with Crippen molar-refractivity contribution in [1.29, 1.82) is 0 Å². The van der Waals surface area contributed by atoms with Crippen LogP contribution < -0.4 is 5.56 Å². The molecule has 6 nitrogen and oxygen atoms in total. The largest absolute Gasteiger partial charge is 0.304 e. The van der Waals surface area contributed by atoms with Gasteiger partial charge in [-0.3, -0.25) is 9.36 Å². The molecular formula is C25H22ClN5O. The van der Waals surface area contributed by atoms with Crippen molar-refractivity contribution in [3.8, 4) is 0 Å². The molecule has 0 amide bonds. The van der Waals surface area contributed by atoms with Gasteiger partial charge in [0, 0.05) is 11.1 Å². The molecule has 0 aliphatic heterocycles. The number of hydrogen-bond donors (Lipinski definition) is 0. The monoisotopic (exact) mass is 443 g/mol. The van der Waals surface area contributed by atoms with Gasteiger partial charge in [-0.2, -0.15) is 0 Å². The molecule has 0 atom stereocenters. The van der Waals surface area contributed by atoms with E-state index in [0.717, 1.165) is 48.1 Å². The lowest BCUT2D eigenvalue weighted by molar-refractivity contribution is 0.485. The molecule has 3 heterocycles. The van der Waals surface area contributed by atoms with Crippen molar-refractivity contribution in [2.45, 2.75) is 45.2 Å². The Morgan fingerprint density at radius 3 is 2.34 bits per heavy atom. The maximum absolute atomic E-state index is 13.8. The van der Waals surface area contributed by atoms with Crippen LogP contribution in [0.15, 0.2) is 53.3 Å². The number of rotatable bonds is 3. The lowest BCUT2D eigenvalue weighted by Gasteiger charge is -2.16. The van der Waals surface area contributed by atoms with E-state index < -0.39 is 0 Å². The molecule has 0 bridgehead atoms. The van der Waals surface area contributed by atoms with E-state index in [0.29, 0.717) is 33.8 Å². The number of halogens is 1. The van der Waals surface area contributed by atoms with Crippen LogP contribution in [0.5, 0.6) is 0 Å². The standard InChI is InChI=1S/C25H22ClN5O/c1-15-27-23-21(25(32)31(15)18-6-2-3-7-18)22-24(29-20-9-5-4-8-19(20)28-22)30(23)14-16-10-12-17(26)13-11-16/h4-5,8-13,18H,2-3,6-7,14H2,1H3. The Labute approximate surface area is 189 Å². The molecule has 5 aromatic rings.